The van der Waals surface area contributed by atoms with Gasteiger partial charge >= 0.3 is 16.2 Å². The molecule has 6 nitrogen and oxygen atoms in total. The SMILES string of the molecule is CCOC(=O)c1ccc(NS(=O)(=O)N2CCCCC2)cc1. The molecule has 0 amide bonds. The van der Waals surface area contributed by atoms with Crippen LogP contribution in [-0.2, 0) is 14.9 Å². The van der Waals surface area contributed by atoms with Gasteiger partial charge in [-0.05, 0) is 44.0 Å². The first-order chi connectivity index (χ1) is 10.0. The molecule has 0 atom stereocenters. The van der Waals surface area contributed by atoms with Crippen LogP contribution in [-0.4, -0.2) is 38.4 Å². The first-order valence-corrected chi connectivity index (χ1v) is 8.52. The highest BCUT2D eigenvalue weighted by Crippen LogP contribution is 2.17. The molecule has 1 heterocycles. The van der Waals surface area contributed by atoms with Gasteiger partial charge < -0.3 is 4.74 Å². The van der Waals surface area contributed by atoms with E-state index in [4.69, 9.17) is 4.74 Å². The summed E-state index contributed by atoms with van der Waals surface area (Å²) < 4.78 is 33.3. The quantitative estimate of drug-likeness (QED) is 0.844. The van der Waals surface area contributed by atoms with Crippen molar-refractivity contribution in [3.05, 3.63) is 29.8 Å². The second-order valence-electron chi connectivity index (χ2n) is 4.86. The molecule has 1 aliphatic heterocycles. The summed E-state index contributed by atoms with van der Waals surface area (Å²) in [4.78, 5) is 11.5. The van der Waals surface area contributed by atoms with Crippen LogP contribution in [0.5, 0.6) is 0 Å². The maximum absolute atomic E-state index is 12.2. The Morgan fingerprint density at radius 2 is 1.81 bits per heavy atom. The summed E-state index contributed by atoms with van der Waals surface area (Å²) in [5.74, 6) is -0.414. The number of esters is 1. The van der Waals surface area contributed by atoms with Gasteiger partial charge in [0.2, 0.25) is 0 Å². The molecule has 0 aromatic heterocycles. The zero-order valence-corrected chi connectivity index (χ0v) is 12.9. The van der Waals surface area contributed by atoms with E-state index in [2.05, 4.69) is 4.72 Å². The van der Waals surface area contributed by atoms with Crippen molar-refractivity contribution in [2.24, 2.45) is 0 Å². The summed E-state index contributed by atoms with van der Waals surface area (Å²) in [6.07, 6.45) is 2.85. The van der Waals surface area contributed by atoms with Crippen LogP contribution in [0.15, 0.2) is 24.3 Å². The van der Waals surface area contributed by atoms with Crippen LogP contribution in [0, 0.1) is 0 Å². The Kier molecular flexibility index (Phi) is 5.19. The summed E-state index contributed by atoms with van der Waals surface area (Å²) in [7, 11) is -3.51. The summed E-state index contributed by atoms with van der Waals surface area (Å²) >= 11 is 0. The third-order valence-electron chi connectivity index (χ3n) is 3.30. The highest BCUT2D eigenvalue weighted by atomic mass is 32.2. The van der Waals surface area contributed by atoms with Crippen LogP contribution < -0.4 is 4.72 Å². The van der Waals surface area contributed by atoms with E-state index in [-0.39, 0.29) is 0 Å². The lowest BCUT2D eigenvalue weighted by molar-refractivity contribution is 0.0526. The fourth-order valence-electron chi connectivity index (χ4n) is 2.21. The molecule has 7 heteroatoms. The Bertz CT molecular complexity index is 577. The number of carbonyl (C=O) groups is 1. The lowest BCUT2D eigenvalue weighted by atomic mass is 10.2. The van der Waals surface area contributed by atoms with Gasteiger partial charge in [-0.15, -0.1) is 0 Å². The number of carbonyl (C=O) groups excluding carboxylic acids is 1. The number of benzene rings is 1. The monoisotopic (exact) mass is 312 g/mol. The van der Waals surface area contributed by atoms with E-state index in [0.29, 0.717) is 30.9 Å². The second kappa shape index (κ2) is 6.91. The number of piperidine rings is 1. The predicted octanol–water partition coefficient (Wildman–Crippen LogP) is 2.01. The van der Waals surface area contributed by atoms with Gasteiger partial charge in [-0.25, -0.2) is 4.79 Å². The maximum atomic E-state index is 12.2. The fourth-order valence-corrected chi connectivity index (χ4v) is 3.51. The number of ether oxygens (including phenoxy) is 1. The summed E-state index contributed by atoms with van der Waals surface area (Å²) in [6, 6.07) is 6.22. The molecule has 0 saturated carbocycles. The fraction of sp³-hybridized carbons (Fsp3) is 0.500. The zero-order valence-electron chi connectivity index (χ0n) is 12.0. The molecule has 1 saturated heterocycles. The van der Waals surface area contributed by atoms with Crippen molar-refractivity contribution in [2.75, 3.05) is 24.4 Å². The molecular weight excluding hydrogens is 292 g/mol. The minimum atomic E-state index is -3.51. The van der Waals surface area contributed by atoms with Crippen LogP contribution >= 0.6 is 0 Å². The molecule has 0 bridgehead atoms. The molecule has 0 aliphatic carbocycles. The molecular formula is C14H20N2O4S. The molecule has 0 spiro atoms. The van der Waals surface area contributed by atoms with Crippen molar-refractivity contribution in [2.45, 2.75) is 26.2 Å². The van der Waals surface area contributed by atoms with Crippen molar-refractivity contribution in [1.29, 1.82) is 0 Å². The maximum Gasteiger partial charge on any atom is 0.338 e. The van der Waals surface area contributed by atoms with Crippen molar-refractivity contribution < 1.29 is 17.9 Å². The molecule has 116 valence electrons. The van der Waals surface area contributed by atoms with E-state index >= 15 is 0 Å². The molecule has 1 aromatic rings. The molecule has 2 rings (SSSR count). The van der Waals surface area contributed by atoms with Gasteiger partial charge in [-0.3, -0.25) is 4.72 Å². The van der Waals surface area contributed by atoms with Crippen molar-refractivity contribution in [1.82, 2.24) is 4.31 Å². The predicted molar refractivity (Wildman–Crippen MR) is 80.4 cm³/mol. The molecule has 0 radical (unpaired) electrons. The van der Waals surface area contributed by atoms with Gasteiger partial charge in [0.25, 0.3) is 0 Å². The van der Waals surface area contributed by atoms with Crippen molar-refractivity contribution >= 4 is 21.9 Å². The van der Waals surface area contributed by atoms with Crippen LogP contribution in [0.25, 0.3) is 0 Å². The molecule has 1 aliphatic rings. The Balaban J connectivity index is 2.04. The number of nitrogens with one attached hydrogen (secondary N) is 1. The van der Waals surface area contributed by atoms with E-state index in [9.17, 15) is 13.2 Å². The van der Waals surface area contributed by atoms with E-state index in [1.165, 1.54) is 4.31 Å². The van der Waals surface area contributed by atoms with Crippen LogP contribution in [0.2, 0.25) is 0 Å². The van der Waals surface area contributed by atoms with Gasteiger partial charge in [-0.1, -0.05) is 6.42 Å². The molecule has 1 fully saturated rings. The lowest BCUT2D eigenvalue weighted by Gasteiger charge is -2.26. The Hall–Kier alpha value is -1.60. The number of rotatable bonds is 5. The standard InChI is InChI=1S/C14H20N2O4S/c1-2-20-14(17)12-6-8-13(9-7-12)15-21(18,19)16-10-4-3-5-11-16/h6-9,15H,2-5,10-11H2,1H3. The molecule has 21 heavy (non-hydrogen) atoms. The van der Waals surface area contributed by atoms with E-state index in [1.807, 2.05) is 0 Å². The van der Waals surface area contributed by atoms with Gasteiger partial charge in [0.1, 0.15) is 0 Å². The topological polar surface area (TPSA) is 75.7 Å². The van der Waals surface area contributed by atoms with Crippen molar-refractivity contribution in [3.63, 3.8) is 0 Å². The summed E-state index contributed by atoms with van der Waals surface area (Å²) in [5.41, 5.74) is 0.839. The number of anilines is 1. The van der Waals surface area contributed by atoms with Gasteiger partial charge in [0.15, 0.2) is 0 Å². The minimum Gasteiger partial charge on any atom is -0.462 e. The Labute approximate surface area is 125 Å². The second-order valence-corrected chi connectivity index (χ2v) is 6.54. The summed E-state index contributed by atoms with van der Waals surface area (Å²) in [5, 5.41) is 0. The van der Waals surface area contributed by atoms with E-state index in [1.54, 1.807) is 31.2 Å². The zero-order chi connectivity index (χ0) is 15.3. The highest BCUT2D eigenvalue weighted by Gasteiger charge is 2.23. The van der Waals surface area contributed by atoms with E-state index < -0.39 is 16.2 Å². The first kappa shape index (κ1) is 15.8. The number of hydrogen-bond acceptors (Lipinski definition) is 4. The number of hydrogen-bond donors (Lipinski definition) is 1. The lowest BCUT2D eigenvalue weighted by Crippen LogP contribution is -2.39. The van der Waals surface area contributed by atoms with Crippen LogP contribution in [0.4, 0.5) is 5.69 Å². The molecule has 1 N–H and O–H groups in total. The highest BCUT2D eigenvalue weighted by molar-refractivity contribution is 7.90. The summed E-state index contributed by atoms with van der Waals surface area (Å²) in [6.45, 7) is 3.15. The first-order valence-electron chi connectivity index (χ1n) is 7.08. The Morgan fingerprint density at radius 1 is 1.19 bits per heavy atom. The van der Waals surface area contributed by atoms with Crippen LogP contribution in [0.1, 0.15) is 36.5 Å². The van der Waals surface area contributed by atoms with Gasteiger partial charge in [0, 0.05) is 18.8 Å². The van der Waals surface area contributed by atoms with E-state index in [0.717, 1.165) is 19.3 Å². The van der Waals surface area contributed by atoms with Gasteiger partial charge in [-0.2, -0.15) is 12.7 Å². The Morgan fingerprint density at radius 3 is 2.38 bits per heavy atom. The largest absolute Gasteiger partial charge is 0.462 e. The average molecular weight is 312 g/mol. The smallest absolute Gasteiger partial charge is 0.338 e. The molecule has 1 aromatic carbocycles. The molecule has 0 unspecified atom stereocenters. The minimum absolute atomic E-state index is 0.308. The third kappa shape index (κ3) is 4.18. The van der Waals surface area contributed by atoms with Crippen molar-refractivity contribution in [3.8, 4) is 0 Å². The average Bonchev–Trinajstić information content (AvgIpc) is 2.49. The van der Waals surface area contributed by atoms with Crippen LogP contribution in [0.3, 0.4) is 0 Å². The third-order valence-corrected chi connectivity index (χ3v) is 4.84. The van der Waals surface area contributed by atoms with Gasteiger partial charge in [0.05, 0.1) is 12.2 Å². The number of nitrogens with zero attached hydrogens (tertiary/aromatic N) is 1. The normalized spacial score (nSPS) is 16.4.